The minimum atomic E-state index is -0.665. The number of hydrogen-bond acceptors (Lipinski definition) is 3. The second-order valence-electron chi connectivity index (χ2n) is 3.62. The lowest BCUT2D eigenvalue weighted by Gasteiger charge is -1.96. The molecule has 0 saturated heterocycles. The lowest BCUT2D eigenvalue weighted by Crippen LogP contribution is -2.30. The Balaban J connectivity index is 3.04. The Bertz CT molecular complexity index is 697. The zero-order chi connectivity index (χ0) is 12.7. The van der Waals surface area contributed by atoms with Crippen LogP contribution in [0.3, 0.4) is 0 Å². The number of nitrogens with zero attached hydrogens (tertiary/aromatic N) is 2. The maximum atomic E-state index is 11.9. The van der Waals surface area contributed by atoms with Gasteiger partial charge in [-0.3, -0.25) is 9.59 Å². The van der Waals surface area contributed by atoms with E-state index in [0.717, 1.165) is 9.13 Å². The van der Waals surface area contributed by atoms with E-state index >= 15 is 0 Å². The second-order valence-corrected chi connectivity index (χ2v) is 4.06. The third-order valence-electron chi connectivity index (χ3n) is 2.43. The molecule has 6 heteroatoms. The molecule has 0 bridgehead atoms. The number of rotatable bonds is 0. The van der Waals surface area contributed by atoms with Crippen LogP contribution in [0.1, 0.15) is 23.4 Å². The number of fused-ring (bicyclic) bond motifs is 1. The molecule has 1 heterocycles. The predicted molar refractivity (Wildman–Crippen MR) is 63.8 cm³/mol. The van der Waals surface area contributed by atoms with Gasteiger partial charge in [0.05, 0.1) is 11.0 Å². The van der Waals surface area contributed by atoms with Gasteiger partial charge in [-0.1, -0.05) is 11.6 Å². The van der Waals surface area contributed by atoms with Crippen molar-refractivity contribution in [1.29, 1.82) is 0 Å². The number of carbonyl (C=O) groups is 2. The van der Waals surface area contributed by atoms with Gasteiger partial charge in [-0.15, -0.1) is 0 Å². The Morgan fingerprint density at radius 3 is 2.12 bits per heavy atom. The summed E-state index contributed by atoms with van der Waals surface area (Å²) in [6, 6.07) is 4.59. The highest BCUT2D eigenvalue weighted by Crippen LogP contribution is 2.18. The van der Waals surface area contributed by atoms with Gasteiger partial charge in [0.15, 0.2) is 0 Å². The van der Waals surface area contributed by atoms with E-state index in [9.17, 15) is 14.4 Å². The summed E-state index contributed by atoms with van der Waals surface area (Å²) in [6.45, 7) is 2.52. The molecule has 2 aromatic rings. The van der Waals surface area contributed by atoms with E-state index in [1.54, 1.807) is 12.1 Å². The zero-order valence-electron chi connectivity index (χ0n) is 9.23. The van der Waals surface area contributed by atoms with Gasteiger partial charge in [-0.25, -0.2) is 13.9 Å². The van der Waals surface area contributed by atoms with Crippen molar-refractivity contribution in [3.63, 3.8) is 0 Å². The number of hydrogen-bond donors (Lipinski definition) is 0. The van der Waals surface area contributed by atoms with E-state index in [0.29, 0.717) is 16.1 Å². The Morgan fingerprint density at radius 1 is 1.06 bits per heavy atom. The molecule has 1 aromatic carbocycles. The van der Waals surface area contributed by atoms with Gasteiger partial charge in [0, 0.05) is 18.9 Å². The van der Waals surface area contributed by atoms with Crippen molar-refractivity contribution in [2.24, 2.45) is 0 Å². The van der Waals surface area contributed by atoms with Gasteiger partial charge >= 0.3 is 5.69 Å². The molecule has 0 fully saturated rings. The first-order valence-corrected chi connectivity index (χ1v) is 5.26. The van der Waals surface area contributed by atoms with Crippen LogP contribution in [-0.2, 0) is 0 Å². The molecule has 1 aromatic heterocycles. The van der Waals surface area contributed by atoms with Gasteiger partial charge < -0.3 is 0 Å². The van der Waals surface area contributed by atoms with Crippen LogP contribution in [-0.4, -0.2) is 20.9 Å². The van der Waals surface area contributed by atoms with Gasteiger partial charge in [-0.05, 0) is 18.2 Å². The molecule has 0 spiro atoms. The smallest absolute Gasteiger partial charge is 0.274 e. The second kappa shape index (κ2) is 3.85. The van der Waals surface area contributed by atoms with E-state index < -0.39 is 17.5 Å². The van der Waals surface area contributed by atoms with Crippen LogP contribution in [0.2, 0.25) is 5.02 Å². The maximum Gasteiger partial charge on any atom is 0.342 e. The summed E-state index contributed by atoms with van der Waals surface area (Å²) in [4.78, 5) is 34.8. The first-order valence-electron chi connectivity index (χ1n) is 4.88. The average Bonchev–Trinajstić information content (AvgIpc) is 2.48. The maximum absolute atomic E-state index is 11.9. The van der Waals surface area contributed by atoms with Crippen LogP contribution in [0.4, 0.5) is 0 Å². The standard InChI is InChI=1S/C11H9ClN2O3/c1-6(15)13-9-4-3-8(12)5-10(9)14(7(2)16)11(13)17/h3-5H,1-2H3. The van der Waals surface area contributed by atoms with E-state index in [1.165, 1.54) is 19.9 Å². The van der Waals surface area contributed by atoms with Crippen molar-refractivity contribution < 1.29 is 9.59 Å². The minimum absolute atomic E-state index is 0.338. The van der Waals surface area contributed by atoms with E-state index in [1.807, 2.05) is 0 Å². The lowest BCUT2D eigenvalue weighted by molar-refractivity contribution is 0.0925. The fraction of sp³-hybridized carbons (Fsp3) is 0.182. The van der Waals surface area contributed by atoms with Crippen molar-refractivity contribution in [2.45, 2.75) is 13.8 Å². The van der Waals surface area contributed by atoms with Gasteiger partial charge in [-0.2, -0.15) is 0 Å². The summed E-state index contributed by atoms with van der Waals surface area (Å²) >= 11 is 5.82. The summed E-state index contributed by atoms with van der Waals surface area (Å²) in [5, 5.41) is 0.396. The third kappa shape index (κ3) is 1.68. The lowest BCUT2D eigenvalue weighted by atomic mass is 10.3. The number of imidazole rings is 1. The van der Waals surface area contributed by atoms with Crippen molar-refractivity contribution in [3.8, 4) is 0 Å². The van der Waals surface area contributed by atoms with Crippen LogP contribution in [0.5, 0.6) is 0 Å². The SMILES string of the molecule is CC(=O)n1c(=O)n(C(C)=O)c2cc(Cl)ccc21. The van der Waals surface area contributed by atoms with Crippen molar-refractivity contribution in [1.82, 2.24) is 9.13 Å². The molecule has 0 amide bonds. The Hall–Kier alpha value is -1.88. The van der Waals surface area contributed by atoms with Crippen molar-refractivity contribution in [2.75, 3.05) is 0 Å². The van der Waals surface area contributed by atoms with Crippen LogP contribution >= 0.6 is 11.6 Å². The number of halogens is 1. The van der Waals surface area contributed by atoms with Gasteiger partial charge in [0.2, 0.25) is 11.8 Å². The molecule has 88 valence electrons. The fourth-order valence-corrected chi connectivity index (χ4v) is 1.95. The molecular formula is C11H9ClN2O3. The normalized spacial score (nSPS) is 10.8. The van der Waals surface area contributed by atoms with E-state index in [2.05, 4.69) is 0 Å². The zero-order valence-corrected chi connectivity index (χ0v) is 9.99. The molecule has 0 N–H and O–H groups in total. The molecule has 0 aliphatic carbocycles. The van der Waals surface area contributed by atoms with Crippen LogP contribution < -0.4 is 5.69 Å². The molecule has 0 radical (unpaired) electrons. The van der Waals surface area contributed by atoms with Crippen LogP contribution in [0.25, 0.3) is 11.0 Å². The molecule has 0 saturated carbocycles. The van der Waals surface area contributed by atoms with Crippen LogP contribution in [0, 0.1) is 0 Å². The van der Waals surface area contributed by atoms with E-state index in [-0.39, 0.29) is 0 Å². The van der Waals surface area contributed by atoms with Crippen LogP contribution in [0.15, 0.2) is 23.0 Å². The summed E-state index contributed by atoms with van der Waals surface area (Å²) in [5.41, 5.74) is 0.0505. The van der Waals surface area contributed by atoms with Gasteiger partial charge in [0.25, 0.3) is 0 Å². The number of aromatic nitrogens is 2. The Kier molecular flexibility index (Phi) is 2.63. The summed E-state index contributed by atoms with van der Waals surface area (Å²) in [6.07, 6.45) is 0. The predicted octanol–water partition coefficient (Wildman–Crippen LogP) is 1.78. The molecule has 0 unspecified atom stereocenters. The summed E-state index contributed by atoms with van der Waals surface area (Å²) in [7, 11) is 0. The molecule has 0 aliphatic heterocycles. The highest BCUT2D eigenvalue weighted by atomic mass is 35.5. The Labute approximate surface area is 101 Å². The van der Waals surface area contributed by atoms with Crippen molar-refractivity contribution >= 4 is 34.4 Å². The molecule has 2 rings (SSSR count). The van der Waals surface area contributed by atoms with Gasteiger partial charge in [0.1, 0.15) is 0 Å². The average molecular weight is 253 g/mol. The monoisotopic (exact) mass is 252 g/mol. The topological polar surface area (TPSA) is 61.1 Å². The highest BCUT2D eigenvalue weighted by Gasteiger charge is 2.18. The number of benzene rings is 1. The first kappa shape index (κ1) is 11.6. The molecule has 5 nitrogen and oxygen atoms in total. The third-order valence-corrected chi connectivity index (χ3v) is 2.67. The minimum Gasteiger partial charge on any atom is -0.274 e. The fourth-order valence-electron chi connectivity index (χ4n) is 1.78. The van der Waals surface area contributed by atoms with Crippen molar-refractivity contribution in [3.05, 3.63) is 33.7 Å². The molecular weight excluding hydrogens is 244 g/mol. The molecule has 17 heavy (non-hydrogen) atoms. The molecule has 0 atom stereocenters. The first-order chi connectivity index (χ1) is 7.93. The number of carbonyl (C=O) groups excluding carboxylic acids is 2. The highest BCUT2D eigenvalue weighted by molar-refractivity contribution is 6.31. The summed E-state index contributed by atoms with van der Waals surface area (Å²) < 4.78 is 1.88. The largest absolute Gasteiger partial charge is 0.342 e. The molecule has 0 aliphatic rings. The van der Waals surface area contributed by atoms with E-state index in [4.69, 9.17) is 11.6 Å². The quantitative estimate of drug-likeness (QED) is 0.718. The Morgan fingerprint density at radius 2 is 1.59 bits per heavy atom. The summed E-state index contributed by atoms with van der Waals surface area (Å²) in [5.74, 6) is -0.899.